The molecule has 2 heterocycles. The first-order valence-electron chi connectivity index (χ1n) is 7.63. The third-order valence-corrected chi connectivity index (χ3v) is 4.98. The lowest BCUT2D eigenvalue weighted by Gasteiger charge is -2.31. The van der Waals surface area contributed by atoms with Gasteiger partial charge in [-0.2, -0.15) is 0 Å². The molecule has 118 valence electrons. The number of thioether (sulfide) groups is 1. The molecule has 0 spiro atoms. The Bertz CT molecular complexity index is 470. The van der Waals surface area contributed by atoms with Crippen molar-refractivity contribution in [3.63, 3.8) is 0 Å². The molecule has 2 rings (SSSR count). The van der Waals surface area contributed by atoms with E-state index in [1.807, 2.05) is 0 Å². The summed E-state index contributed by atoms with van der Waals surface area (Å²) in [6.07, 6.45) is 3.21. The lowest BCUT2D eigenvalue weighted by Crippen LogP contribution is -2.35. The second-order valence-electron chi connectivity index (χ2n) is 5.42. The third-order valence-electron chi connectivity index (χ3n) is 4.03. The first-order valence-corrected chi connectivity index (χ1v) is 8.61. The molecule has 21 heavy (non-hydrogen) atoms. The van der Waals surface area contributed by atoms with Crippen molar-refractivity contribution in [3.05, 3.63) is 5.82 Å². The van der Waals surface area contributed by atoms with Crippen LogP contribution in [0.5, 0.6) is 0 Å². The van der Waals surface area contributed by atoms with Crippen molar-refractivity contribution in [2.45, 2.75) is 44.8 Å². The van der Waals surface area contributed by atoms with Gasteiger partial charge in [0.05, 0.1) is 5.75 Å². The normalized spacial score (nSPS) is 17.2. The average molecular weight is 312 g/mol. The minimum Gasteiger partial charge on any atom is -0.481 e. The number of aliphatic carboxylic acids is 1. The fraction of sp³-hybridized carbons (Fsp3) is 0.786. The molecule has 1 N–H and O–H groups in total. The number of hydrogen-bond donors (Lipinski definition) is 1. The van der Waals surface area contributed by atoms with Crippen LogP contribution in [0.15, 0.2) is 5.16 Å². The molecule has 1 aliphatic rings. The number of likely N-dealkylation sites (tertiary alicyclic amines) is 1. The van der Waals surface area contributed by atoms with E-state index in [0.29, 0.717) is 5.92 Å². The van der Waals surface area contributed by atoms with E-state index in [4.69, 9.17) is 5.11 Å². The molecule has 6 nitrogen and oxygen atoms in total. The van der Waals surface area contributed by atoms with Gasteiger partial charge in [-0.05, 0) is 38.4 Å². The quantitative estimate of drug-likeness (QED) is 0.773. The molecule has 1 aromatic heterocycles. The van der Waals surface area contributed by atoms with Crippen molar-refractivity contribution in [2.24, 2.45) is 5.92 Å². The van der Waals surface area contributed by atoms with Gasteiger partial charge in [-0.1, -0.05) is 25.6 Å². The fourth-order valence-corrected chi connectivity index (χ4v) is 3.43. The van der Waals surface area contributed by atoms with Crippen LogP contribution in [0.1, 0.15) is 32.5 Å². The Kier molecular flexibility index (Phi) is 6.05. The molecule has 0 aliphatic carbocycles. The van der Waals surface area contributed by atoms with Gasteiger partial charge < -0.3 is 14.6 Å². The molecule has 0 unspecified atom stereocenters. The first-order chi connectivity index (χ1) is 10.1. The molecule has 1 fully saturated rings. The molecule has 0 radical (unpaired) electrons. The summed E-state index contributed by atoms with van der Waals surface area (Å²) in [5.41, 5.74) is 0. The molecule has 0 amide bonds. The van der Waals surface area contributed by atoms with E-state index in [-0.39, 0.29) is 5.75 Å². The minimum absolute atomic E-state index is 0.0378. The smallest absolute Gasteiger partial charge is 0.313 e. The molecule has 0 saturated carbocycles. The molecule has 0 atom stereocenters. The van der Waals surface area contributed by atoms with Gasteiger partial charge in [0.25, 0.3) is 0 Å². The third kappa shape index (κ3) is 4.44. The topological polar surface area (TPSA) is 71.2 Å². The number of carboxylic acid groups (broad SMARTS) is 1. The number of rotatable bonds is 7. The Morgan fingerprint density at radius 3 is 2.62 bits per heavy atom. The van der Waals surface area contributed by atoms with Gasteiger partial charge in [-0.3, -0.25) is 4.79 Å². The van der Waals surface area contributed by atoms with Gasteiger partial charge in [0, 0.05) is 13.0 Å². The van der Waals surface area contributed by atoms with Crippen LogP contribution in [0, 0.1) is 5.92 Å². The first kappa shape index (κ1) is 16.3. The average Bonchev–Trinajstić information content (AvgIpc) is 2.88. The Balaban J connectivity index is 2.00. The molecule has 7 heteroatoms. The summed E-state index contributed by atoms with van der Waals surface area (Å²) in [5, 5.41) is 17.9. The summed E-state index contributed by atoms with van der Waals surface area (Å²) >= 11 is 1.26. The summed E-state index contributed by atoms with van der Waals surface area (Å²) in [6.45, 7) is 8.61. The Morgan fingerprint density at radius 2 is 2.05 bits per heavy atom. The standard InChI is InChI=1S/C14H24N4O2S/c1-3-12-15-16-14(21-10-13(19)20)18(12)9-11-5-7-17(4-2)8-6-11/h11H,3-10H2,1-2H3,(H,19,20). The molecular weight excluding hydrogens is 288 g/mol. The van der Waals surface area contributed by atoms with Crippen LogP contribution < -0.4 is 0 Å². The molecular formula is C14H24N4O2S. The zero-order valence-corrected chi connectivity index (χ0v) is 13.6. The second-order valence-corrected chi connectivity index (χ2v) is 6.37. The van der Waals surface area contributed by atoms with Gasteiger partial charge in [-0.25, -0.2) is 0 Å². The van der Waals surface area contributed by atoms with Crippen LogP contribution in [-0.2, 0) is 17.8 Å². The Hall–Kier alpha value is -1.08. The van der Waals surface area contributed by atoms with E-state index < -0.39 is 5.97 Å². The van der Waals surface area contributed by atoms with Crippen LogP contribution in [0.25, 0.3) is 0 Å². The molecule has 0 aromatic carbocycles. The van der Waals surface area contributed by atoms with E-state index >= 15 is 0 Å². The fourth-order valence-electron chi connectivity index (χ4n) is 2.74. The van der Waals surface area contributed by atoms with Crippen molar-refractivity contribution in [3.8, 4) is 0 Å². The predicted molar refractivity (Wildman–Crippen MR) is 82.6 cm³/mol. The SMILES string of the molecule is CCc1nnc(SCC(=O)O)n1CC1CCN(CC)CC1. The van der Waals surface area contributed by atoms with Gasteiger partial charge in [0.1, 0.15) is 5.82 Å². The summed E-state index contributed by atoms with van der Waals surface area (Å²) in [5.74, 6) is 0.818. The molecule has 1 aliphatic heterocycles. The number of carbonyl (C=O) groups is 1. The van der Waals surface area contributed by atoms with E-state index in [0.717, 1.165) is 43.6 Å². The highest BCUT2D eigenvalue weighted by molar-refractivity contribution is 7.99. The highest BCUT2D eigenvalue weighted by Gasteiger charge is 2.21. The maximum atomic E-state index is 10.7. The highest BCUT2D eigenvalue weighted by atomic mass is 32.2. The van der Waals surface area contributed by atoms with Crippen molar-refractivity contribution in [2.75, 3.05) is 25.4 Å². The van der Waals surface area contributed by atoms with E-state index in [2.05, 4.69) is 33.5 Å². The summed E-state index contributed by atoms with van der Waals surface area (Å²) in [6, 6.07) is 0. The highest BCUT2D eigenvalue weighted by Crippen LogP contribution is 2.23. The van der Waals surface area contributed by atoms with Crippen LogP contribution in [0.4, 0.5) is 0 Å². The van der Waals surface area contributed by atoms with Gasteiger partial charge in [0.15, 0.2) is 5.16 Å². The summed E-state index contributed by atoms with van der Waals surface area (Å²) < 4.78 is 2.12. The maximum Gasteiger partial charge on any atom is 0.313 e. The number of nitrogens with zero attached hydrogens (tertiary/aromatic N) is 4. The van der Waals surface area contributed by atoms with Gasteiger partial charge >= 0.3 is 5.97 Å². The van der Waals surface area contributed by atoms with E-state index in [1.165, 1.54) is 24.6 Å². The largest absolute Gasteiger partial charge is 0.481 e. The summed E-state index contributed by atoms with van der Waals surface area (Å²) in [4.78, 5) is 13.2. The minimum atomic E-state index is -0.816. The number of hydrogen-bond acceptors (Lipinski definition) is 5. The van der Waals surface area contributed by atoms with Crippen molar-refractivity contribution in [1.29, 1.82) is 0 Å². The second kappa shape index (κ2) is 7.79. The van der Waals surface area contributed by atoms with Crippen LogP contribution in [0.3, 0.4) is 0 Å². The number of aryl methyl sites for hydroxylation is 1. The van der Waals surface area contributed by atoms with Gasteiger partial charge in [-0.15, -0.1) is 10.2 Å². The van der Waals surface area contributed by atoms with Crippen LogP contribution >= 0.6 is 11.8 Å². The lowest BCUT2D eigenvalue weighted by atomic mass is 9.97. The van der Waals surface area contributed by atoms with Crippen molar-refractivity contribution < 1.29 is 9.90 Å². The zero-order valence-electron chi connectivity index (χ0n) is 12.8. The number of carboxylic acids is 1. The molecule has 1 aromatic rings. The van der Waals surface area contributed by atoms with Crippen molar-refractivity contribution >= 4 is 17.7 Å². The number of piperidine rings is 1. The Labute approximate surface area is 129 Å². The van der Waals surface area contributed by atoms with Crippen molar-refractivity contribution in [1.82, 2.24) is 19.7 Å². The van der Waals surface area contributed by atoms with E-state index in [1.54, 1.807) is 0 Å². The predicted octanol–water partition coefficient (Wildman–Crippen LogP) is 1.75. The maximum absolute atomic E-state index is 10.7. The summed E-state index contributed by atoms with van der Waals surface area (Å²) in [7, 11) is 0. The zero-order chi connectivity index (χ0) is 15.2. The molecule has 1 saturated heterocycles. The Morgan fingerprint density at radius 1 is 1.33 bits per heavy atom. The van der Waals surface area contributed by atoms with Gasteiger partial charge in [0.2, 0.25) is 0 Å². The molecule has 0 bridgehead atoms. The van der Waals surface area contributed by atoms with Crippen LogP contribution in [0.2, 0.25) is 0 Å². The lowest BCUT2D eigenvalue weighted by molar-refractivity contribution is -0.133. The number of aromatic nitrogens is 3. The van der Waals surface area contributed by atoms with E-state index in [9.17, 15) is 4.79 Å². The monoisotopic (exact) mass is 312 g/mol. The van der Waals surface area contributed by atoms with Crippen LogP contribution in [-0.4, -0.2) is 56.1 Å².